The predicted molar refractivity (Wildman–Crippen MR) is 79.1 cm³/mol. The first-order chi connectivity index (χ1) is 9.74. The summed E-state index contributed by atoms with van der Waals surface area (Å²) in [6.07, 6.45) is 8.10. The molecule has 1 aliphatic rings. The van der Waals surface area contributed by atoms with Crippen molar-refractivity contribution in [2.24, 2.45) is 5.92 Å². The number of hydrogen-bond donors (Lipinski definition) is 2. The van der Waals surface area contributed by atoms with Crippen molar-refractivity contribution >= 4 is 16.8 Å². The zero-order valence-electron chi connectivity index (χ0n) is 11.6. The van der Waals surface area contributed by atoms with E-state index < -0.39 is 0 Å². The lowest BCUT2D eigenvalue weighted by Gasteiger charge is -2.18. The molecule has 20 heavy (non-hydrogen) atoms. The van der Waals surface area contributed by atoms with Gasteiger partial charge in [-0.05, 0) is 31.0 Å². The predicted octanol–water partition coefficient (Wildman–Crippen LogP) is 3.40. The minimum atomic E-state index is -0.226. The molecule has 106 valence electrons. The van der Waals surface area contributed by atoms with E-state index in [0.717, 1.165) is 36.8 Å². The van der Waals surface area contributed by atoms with Crippen LogP contribution in [0.2, 0.25) is 0 Å². The molecule has 1 fully saturated rings. The number of rotatable bonds is 2. The average molecular weight is 272 g/mol. The molecule has 0 saturated heterocycles. The molecule has 0 spiro atoms. The Morgan fingerprint density at radius 2 is 1.60 bits per heavy atom. The van der Waals surface area contributed by atoms with Crippen molar-refractivity contribution in [1.82, 2.24) is 9.97 Å². The number of Topliss-reactive ketones (excluding diaryl/α,β-unsaturated/α-hetero) is 1. The summed E-state index contributed by atoms with van der Waals surface area (Å²) in [6, 6.07) is 5.44. The van der Waals surface area contributed by atoms with Crippen LogP contribution in [0.25, 0.3) is 11.0 Å². The van der Waals surface area contributed by atoms with Crippen LogP contribution in [-0.2, 0) is 0 Å². The Hall–Kier alpha value is -1.84. The summed E-state index contributed by atoms with van der Waals surface area (Å²) >= 11 is 0. The van der Waals surface area contributed by atoms with Crippen LogP contribution in [0.3, 0.4) is 0 Å². The molecule has 0 bridgehead atoms. The van der Waals surface area contributed by atoms with Gasteiger partial charge in [-0.15, -0.1) is 0 Å². The molecule has 2 N–H and O–H groups in total. The normalized spacial score (nSPS) is 17.8. The number of carbonyl (C=O) groups is 1. The largest absolute Gasteiger partial charge is 0.323 e. The van der Waals surface area contributed by atoms with Crippen LogP contribution in [-0.4, -0.2) is 15.8 Å². The van der Waals surface area contributed by atoms with Gasteiger partial charge in [-0.3, -0.25) is 4.79 Å². The topological polar surface area (TPSA) is 65.7 Å². The molecule has 1 aromatic heterocycles. The molecule has 1 saturated carbocycles. The number of ketones is 1. The first kappa shape index (κ1) is 13.2. The van der Waals surface area contributed by atoms with E-state index in [1.807, 2.05) is 12.1 Å². The Labute approximate surface area is 117 Å². The third-order valence-electron chi connectivity index (χ3n) is 4.28. The molecule has 1 aliphatic carbocycles. The summed E-state index contributed by atoms with van der Waals surface area (Å²) < 4.78 is 0. The van der Waals surface area contributed by atoms with Crippen LogP contribution in [0.15, 0.2) is 23.0 Å². The Kier molecular flexibility index (Phi) is 3.72. The molecule has 2 aromatic rings. The molecule has 4 heteroatoms. The van der Waals surface area contributed by atoms with Gasteiger partial charge in [-0.25, -0.2) is 4.79 Å². The van der Waals surface area contributed by atoms with Gasteiger partial charge in [0.15, 0.2) is 5.78 Å². The van der Waals surface area contributed by atoms with Gasteiger partial charge in [0.25, 0.3) is 0 Å². The summed E-state index contributed by atoms with van der Waals surface area (Å²) in [5.74, 6) is 0.384. The van der Waals surface area contributed by atoms with Crippen molar-refractivity contribution < 1.29 is 4.79 Å². The second kappa shape index (κ2) is 5.65. The van der Waals surface area contributed by atoms with E-state index in [1.165, 1.54) is 19.3 Å². The summed E-state index contributed by atoms with van der Waals surface area (Å²) in [4.78, 5) is 29.3. The monoisotopic (exact) mass is 272 g/mol. The third kappa shape index (κ3) is 2.69. The van der Waals surface area contributed by atoms with Gasteiger partial charge in [0.2, 0.25) is 0 Å². The highest BCUT2D eigenvalue weighted by Gasteiger charge is 2.21. The van der Waals surface area contributed by atoms with Crippen molar-refractivity contribution in [3.05, 3.63) is 34.2 Å². The van der Waals surface area contributed by atoms with Gasteiger partial charge in [0, 0.05) is 11.5 Å². The maximum atomic E-state index is 12.6. The quantitative estimate of drug-likeness (QED) is 0.823. The molecule has 1 heterocycles. The van der Waals surface area contributed by atoms with Gasteiger partial charge in [-0.1, -0.05) is 32.1 Å². The Bertz CT molecular complexity index is 660. The second-order valence-corrected chi connectivity index (χ2v) is 5.75. The number of aromatic nitrogens is 2. The number of H-pyrrole nitrogens is 2. The molecule has 3 rings (SSSR count). The highest BCUT2D eigenvalue weighted by molar-refractivity contribution is 6.00. The number of imidazole rings is 1. The van der Waals surface area contributed by atoms with Gasteiger partial charge >= 0.3 is 5.69 Å². The number of hydrogen-bond acceptors (Lipinski definition) is 2. The van der Waals surface area contributed by atoms with Crippen molar-refractivity contribution in [1.29, 1.82) is 0 Å². The standard InChI is InChI=1S/C16H20N2O2/c19-15(11-6-4-2-1-3-5-7-11)12-8-9-13-14(10-12)18-16(20)17-13/h8-11H,1-7H2,(H2,17,18,20). The van der Waals surface area contributed by atoms with E-state index >= 15 is 0 Å². The van der Waals surface area contributed by atoms with Crippen molar-refractivity contribution in [3.8, 4) is 0 Å². The third-order valence-corrected chi connectivity index (χ3v) is 4.28. The lowest BCUT2D eigenvalue weighted by atomic mass is 9.85. The van der Waals surface area contributed by atoms with Crippen molar-refractivity contribution in [2.45, 2.75) is 44.9 Å². The van der Waals surface area contributed by atoms with Gasteiger partial charge < -0.3 is 9.97 Å². The van der Waals surface area contributed by atoms with Gasteiger partial charge in [0.1, 0.15) is 0 Å². The highest BCUT2D eigenvalue weighted by Crippen LogP contribution is 2.26. The van der Waals surface area contributed by atoms with E-state index in [9.17, 15) is 9.59 Å². The van der Waals surface area contributed by atoms with Crippen LogP contribution in [0.1, 0.15) is 55.3 Å². The zero-order valence-corrected chi connectivity index (χ0v) is 11.6. The minimum absolute atomic E-state index is 0.151. The Balaban J connectivity index is 1.84. The summed E-state index contributed by atoms with van der Waals surface area (Å²) in [6.45, 7) is 0. The smallest absolute Gasteiger partial charge is 0.306 e. The van der Waals surface area contributed by atoms with Gasteiger partial charge in [0.05, 0.1) is 11.0 Å². The average Bonchev–Trinajstić information content (AvgIpc) is 2.76. The number of benzene rings is 1. The molecule has 0 amide bonds. The lowest BCUT2D eigenvalue weighted by Crippen LogP contribution is -2.16. The van der Waals surface area contributed by atoms with Crippen LogP contribution in [0, 0.1) is 5.92 Å². The summed E-state index contributed by atoms with van der Waals surface area (Å²) in [7, 11) is 0. The van der Waals surface area contributed by atoms with Crippen molar-refractivity contribution in [3.63, 3.8) is 0 Å². The maximum absolute atomic E-state index is 12.6. The van der Waals surface area contributed by atoms with E-state index in [2.05, 4.69) is 9.97 Å². The minimum Gasteiger partial charge on any atom is -0.306 e. The maximum Gasteiger partial charge on any atom is 0.323 e. The highest BCUT2D eigenvalue weighted by atomic mass is 16.1. The van der Waals surface area contributed by atoms with Gasteiger partial charge in [-0.2, -0.15) is 0 Å². The summed E-state index contributed by atoms with van der Waals surface area (Å²) in [5.41, 5.74) is 1.96. The first-order valence-electron chi connectivity index (χ1n) is 7.50. The molecular weight excluding hydrogens is 252 g/mol. The van der Waals surface area contributed by atoms with E-state index in [0.29, 0.717) is 5.52 Å². The van der Waals surface area contributed by atoms with E-state index in [1.54, 1.807) is 6.07 Å². The van der Waals surface area contributed by atoms with E-state index in [-0.39, 0.29) is 17.4 Å². The summed E-state index contributed by atoms with van der Waals surface area (Å²) in [5, 5.41) is 0. The fourth-order valence-electron chi connectivity index (χ4n) is 3.14. The Morgan fingerprint density at radius 3 is 2.35 bits per heavy atom. The molecule has 0 aliphatic heterocycles. The Morgan fingerprint density at radius 1 is 0.950 bits per heavy atom. The van der Waals surface area contributed by atoms with Crippen molar-refractivity contribution in [2.75, 3.05) is 0 Å². The fourth-order valence-corrected chi connectivity index (χ4v) is 3.14. The molecule has 0 unspecified atom stereocenters. The van der Waals surface area contributed by atoms with Crippen LogP contribution >= 0.6 is 0 Å². The number of carbonyl (C=O) groups excluding carboxylic acids is 1. The fraction of sp³-hybridized carbons (Fsp3) is 0.500. The van der Waals surface area contributed by atoms with Crippen LogP contribution < -0.4 is 5.69 Å². The van der Waals surface area contributed by atoms with Crippen LogP contribution in [0.5, 0.6) is 0 Å². The number of nitrogens with one attached hydrogen (secondary N) is 2. The van der Waals surface area contributed by atoms with E-state index in [4.69, 9.17) is 0 Å². The molecule has 0 radical (unpaired) electrons. The molecule has 1 aromatic carbocycles. The molecule has 0 atom stereocenters. The number of aromatic amines is 2. The van der Waals surface area contributed by atoms with Crippen LogP contribution in [0.4, 0.5) is 0 Å². The SMILES string of the molecule is O=C(c1ccc2[nH]c(=O)[nH]c2c1)C1CCCCCCC1. The zero-order chi connectivity index (χ0) is 13.9. The lowest BCUT2D eigenvalue weighted by molar-refractivity contribution is 0.0898. The first-order valence-corrected chi connectivity index (χ1v) is 7.50. The molecular formula is C16H20N2O2. The molecule has 4 nitrogen and oxygen atoms in total. The number of fused-ring (bicyclic) bond motifs is 1. The second-order valence-electron chi connectivity index (χ2n) is 5.75.